The van der Waals surface area contributed by atoms with E-state index in [9.17, 15) is 19.1 Å². The summed E-state index contributed by atoms with van der Waals surface area (Å²) in [6.45, 7) is 14.5. The van der Waals surface area contributed by atoms with E-state index >= 15 is 0 Å². The highest BCUT2D eigenvalue weighted by Crippen LogP contribution is 2.40. The molecule has 7 heteroatoms. The van der Waals surface area contributed by atoms with Gasteiger partial charge in [-0.15, -0.1) is 0 Å². The lowest BCUT2D eigenvalue weighted by Crippen LogP contribution is -2.30. The lowest BCUT2D eigenvalue weighted by molar-refractivity contribution is 0.102. The Balaban J connectivity index is 2.25. The number of phenolic OH excluding ortho intramolecular Hbond substituents is 1. The van der Waals surface area contributed by atoms with Gasteiger partial charge in [-0.3, -0.25) is 4.79 Å². The van der Waals surface area contributed by atoms with Crippen LogP contribution in [0.25, 0.3) is 0 Å². The summed E-state index contributed by atoms with van der Waals surface area (Å²) in [7, 11) is 0. The molecule has 0 atom stereocenters. The van der Waals surface area contributed by atoms with Crippen LogP contribution in [0.5, 0.6) is 5.75 Å². The number of hydrogen-bond acceptors (Lipinski definition) is 3. The van der Waals surface area contributed by atoms with Gasteiger partial charge in [-0.25, -0.2) is 9.18 Å². The Morgan fingerprint density at radius 1 is 0.833 bits per heavy atom. The van der Waals surface area contributed by atoms with Crippen molar-refractivity contribution in [2.24, 2.45) is 0 Å². The van der Waals surface area contributed by atoms with Gasteiger partial charge in [0.2, 0.25) is 0 Å². The van der Waals surface area contributed by atoms with E-state index in [1.807, 2.05) is 41.5 Å². The number of benzene rings is 2. The first-order chi connectivity index (χ1) is 16.7. The Bertz CT molecular complexity index is 1030. The van der Waals surface area contributed by atoms with E-state index in [1.165, 1.54) is 24.6 Å². The highest BCUT2D eigenvalue weighted by atomic mass is 19.1. The number of amides is 3. The third kappa shape index (κ3) is 8.25. The van der Waals surface area contributed by atoms with E-state index < -0.39 is 28.6 Å². The van der Waals surface area contributed by atoms with Crippen molar-refractivity contribution in [3.8, 4) is 5.75 Å². The molecular weight excluding hydrogens is 457 g/mol. The molecule has 0 fully saturated rings. The van der Waals surface area contributed by atoms with E-state index in [4.69, 9.17) is 0 Å². The summed E-state index contributed by atoms with van der Waals surface area (Å²) >= 11 is 0. The number of aromatic hydroxyl groups is 1. The Morgan fingerprint density at radius 2 is 1.42 bits per heavy atom. The molecule has 0 aliphatic carbocycles. The summed E-state index contributed by atoms with van der Waals surface area (Å²) < 4.78 is 14.1. The van der Waals surface area contributed by atoms with Crippen LogP contribution in [0.1, 0.15) is 102 Å². The molecule has 198 valence electrons. The van der Waals surface area contributed by atoms with Gasteiger partial charge in [0, 0.05) is 23.2 Å². The number of carbonyl (C=O) groups excluding carboxylic acids is 2. The van der Waals surface area contributed by atoms with Gasteiger partial charge in [0.1, 0.15) is 11.6 Å². The van der Waals surface area contributed by atoms with Crippen molar-refractivity contribution < 1.29 is 19.1 Å². The molecule has 4 N–H and O–H groups in total. The number of phenols is 1. The molecule has 0 aliphatic rings. The van der Waals surface area contributed by atoms with E-state index in [0.29, 0.717) is 28.9 Å². The average molecular weight is 500 g/mol. The lowest BCUT2D eigenvalue weighted by atomic mass is 9.78. The quantitative estimate of drug-likeness (QED) is 0.270. The molecule has 0 saturated heterocycles. The first kappa shape index (κ1) is 29.1. The van der Waals surface area contributed by atoms with Crippen LogP contribution in [0.3, 0.4) is 0 Å². The van der Waals surface area contributed by atoms with Crippen LogP contribution in [0, 0.1) is 5.82 Å². The van der Waals surface area contributed by atoms with Crippen LogP contribution in [0.4, 0.5) is 20.6 Å². The minimum absolute atomic E-state index is 0.154. The van der Waals surface area contributed by atoms with Crippen molar-refractivity contribution in [2.75, 3.05) is 17.2 Å². The minimum Gasteiger partial charge on any atom is -0.507 e. The van der Waals surface area contributed by atoms with Gasteiger partial charge < -0.3 is 21.1 Å². The smallest absolute Gasteiger partial charge is 0.319 e. The summed E-state index contributed by atoms with van der Waals surface area (Å²) in [4.78, 5) is 25.7. The van der Waals surface area contributed by atoms with E-state index in [-0.39, 0.29) is 11.4 Å². The van der Waals surface area contributed by atoms with Crippen molar-refractivity contribution in [3.05, 3.63) is 52.8 Å². The van der Waals surface area contributed by atoms with E-state index in [2.05, 4.69) is 22.9 Å². The molecule has 0 aromatic heterocycles. The number of urea groups is 1. The molecule has 2 aromatic rings. The molecular formula is C29H42FN3O3. The Labute approximate surface area is 215 Å². The first-order valence-corrected chi connectivity index (χ1v) is 12.8. The van der Waals surface area contributed by atoms with E-state index in [1.54, 1.807) is 12.1 Å². The van der Waals surface area contributed by atoms with Crippen LogP contribution in [0.15, 0.2) is 30.3 Å². The number of nitrogens with one attached hydrogen (secondary N) is 3. The predicted octanol–water partition coefficient (Wildman–Crippen LogP) is 7.47. The number of anilines is 2. The molecule has 6 nitrogen and oxygen atoms in total. The maximum atomic E-state index is 14.1. The van der Waals surface area contributed by atoms with Crippen molar-refractivity contribution in [3.63, 3.8) is 0 Å². The second kappa shape index (κ2) is 12.2. The minimum atomic E-state index is -0.538. The topological polar surface area (TPSA) is 90.5 Å². The number of carbonyl (C=O) groups is 2. The highest BCUT2D eigenvalue weighted by molar-refractivity contribution is 6.07. The Kier molecular flexibility index (Phi) is 9.91. The van der Waals surface area contributed by atoms with Gasteiger partial charge >= 0.3 is 6.03 Å². The Hall–Kier alpha value is -3.09. The van der Waals surface area contributed by atoms with Gasteiger partial charge in [-0.05, 0) is 47.6 Å². The fourth-order valence-electron chi connectivity index (χ4n) is 3.93. The second-order valence-corrected chi connectivity index (χ2v) is 11.4. The van der Waals surface area contributed by atoms with Crippen molar-refractivity contribution >= 4 is 23.3 Å². The molecule has 36 heavy (non-hydrogen) atoms. The van der Waals surface area contributed by atoms with Gasteiger partial charge in [0.25, 0.3) is 5.91 Å². The molecule has 0 aliphatic heterocycles. The number of hydrogen-bond donors (Lipinski definition) is 4. The van der Waals surface area contributed by atoms with Crippen molar-refractivity contribution in [1.29, 1.82) is 0 Å². The third-order valence-electron chi connectivity index (χ3n) is 6.03. The van der Waals surface area contributed by atoms with Crippen LogP contribution in [0.2, 0.25) is 0 Å². The highest BCUT2D eigenvalue weighted by Gasteiger charge is 2.28. The molecule has 2 rings (SSSR count). The van der Waals surface area contributed by atoms with E-state index in [0.717, 1.165) is 25.7 Å². The van der Waals surface area contributed by atoms with Crippen molar-refractivity contribution in [1.82, 2.24) is 5.32 Å². The van der Waals surface area contributed by atoms with Crippen molar-refractivity contribution in [2.45, 2.75) is 91.4 Å². The number of unbranched alkanes of at least 4 members (excludes halogenated alkanes) is 4. The average Bonchev–Trinajstić information content (AvgIpc) is 2.76. The zero-order chi connectivity index (χ0) is 27.1. The van der Waals surface area contributed by atoms with Crippen LogP contribution >= 0.6 is 0 Å². The third-order valence-corrected chi connectivity index (χ3v) is 6.03. The molecule has 0 heterocycles. The summed E-state index contributed by atoms with van der Waals surface area (Å²) in [6.07, 6.45) is 5.41. The SMILES string of the molecule is CCCCCCCNC(=O)Nc1ccc(F)cc1NC(=O)c1cc(C(C)(C)C)c(O)c(C(C)(C)C)c1. The Morgan fingerprint density at radius 3 is 1.97 bits per heavy atom. The molecule has 3 amide bonds. The normalized spacial score (nSPS) is 11.8. The van der Waals surface area contributed by atoms with Gasteiger partial charge in [0.05, 0.1) is 11.4 Å². The molecule has 0 spiro atoms. The van der Waals surface area contributed by atoms with Gasteiger partial charge in [-0.2, -0.15) is 0 Å². The summed E-state index contributed by atoms with van der Waals surface area (Å²) in [6, 6.07) is 6.74. The number of rotatable bonds is 9. The fourth-order valence-corrected chi connectivity index (χ4v) is 3.93. The molecule has 0 unspecified atom stereocenters. The van der Waals surface area contributed by atoms with Gasteiger partial charge in [0.15, 0.2) is 0 Å². The monoisotopic (exact) mass is 499 g/mol. The fraction of sp³-hybridized carbons (Fsp3) is 0.517. The maximum absolute atomic E-state index is 14.1. The maximum Gasteiger partial charge on any atom is 0.319 e. The molecule has 2 aromatic carbocycles. The summed E-state index contributed by atoms with van der Waals surface area (Å²) in [5.74, 6) is -0.828. The van der Waals surface area contributed by atoms with Gasteiger partial charge in [-0.1, -0.05) is 74.1 Å². The summed E-state index contributed by atoms with van der Waals surface area (Å²) in [5.41, 5.74) is 1.28. The lowest BCUT2D eigenvalue weighted by Gasteiger charge is -2.28. The zero-order valence-corrected chi connectivity index (χ0v) is 22.8. The van der Waals surface area contributed by atoms with Crippen LogP contribution < -0.4 is 16.0 Å². The zero-order valence-electron chi connectivity index (χ0n) is 22.8. The predicted molar refractivity (Wildman–Crippen MR) is 146 cm³/mol. The van der Waals surface area contributed by atoms with Crippen LogP contribution in [-0.4, -0.2) is 23.6 Å². The largest absolute Gasteiger partial charge is 0.507 e. The first-order valence-electron chi connectivity index (χ1n) is 12.8. The van der Waals surface area contributed by atoms with Crippen LogP contribution in [-0.2, 0) is 10.8 Å². The second-order valence-electron chi connectivity index (χ2n) is 11.4. The number of halogens is 1. The molecule has 0 saturated carbocycles. The standard InChI is InChI=1S/C29H42FN3O3/c1-8-9-10-11-12-15-31-27(36)33-23-14-13-20(30)18-24(23)32-26(35)19-16-21(28(2,3)4)25(34)22(17-19)29(5,6)7/h13-14,16-18,34H,8-12,15H2,1-7H3,(H,32,35)(H2,31,33,36). The molecule has 0 bridgehead atoms. The molecule has 0 radical (unpaired) electrons. The summed E-state index contributed by atoms with van der Waals surface area (Å²) in [5, 5.41) is 19.2.